The van der Waals surface area contributed by atoms with Crippen LogP contribution in [0.1, 0.15) is 21.5 Å². The van der Waals surface area contributed by atoms with Crippen LogP contribution in [0.5, 0.6) is 17.2 Å². The van der Waals surface area contributed by atoms with Gasteiger partial charge in [0.25, 0.3) is 5.91 Å². The van der Waals surface area contributed by atoms with Crippen LogP contribution in [-0.4, -0.2) is 43.2 Å². The van der Waals surface area contributed by atoms with E-state index >= 15 is 0 Å². The third-order valence-corrected chi connectivity index (χ3v) is 4.56. The Bertz CT molecular complexity index is 759. The third-order valence-electron chi connectivity index (χ3n) is 4.56. The number of aryl methyl sites for hydroxylation is 1. The Hall–Kier alpha value is -2.69. The van der Waals surface area contributed by atoms with Crippen LogP contribution in [-0.2, 0) is 6.42 Å². The highest BCUT2D eigenvalue weighted by molar-refractivity contribution is 5.97. The van der Waals surface area contributed by atoms with Crippen molar-refractivity contribution in [3.63, 3.8) is 0 Å². The highest BCUT2D eigenvalue weighted by Gasteiger charge is 2.32. The number of phenols is 1. The molecule has 2 aromatic carbocycles. The lowest BCUT2D eigenvalue weighted by Crippen LogP contribution is -2.50. The van der Waals surface area contributed by atoms with Gasteiger partial charge < -0.3 is 19.5 Å². The normalized spacial score (nSPS) is 14.1. The number of ether oxygens (including phenoxy) is 2. The van der Waals surface area contributed by atoms with E-state index < -0.39 is 0 Å². The van der Waals surface area contributed by atoms with Crippen molar-refractivity contribution in [2.75, 3.05) is 27.3 Å². The molecule has 132 valence electrons. The van der Waals surface area contributed by atoms with Gasteiger partial charge in [-0.05, 0) is 49.1 Å². The van der Waals surface area contributed by atoms with Gasteiger partial charge in [-0.2, -0.15) is 0 Å². The summed E-state index contributed by atoms with van der Waals surface area (Å²) in [5.74, 6) is 1.86. The number of hydrogen-bond acceptors (Lipinski definition) is 4. The van der Waals surface area contributed by atoms with Crippen molar-refractivity contribution in [2.24, 2.45) is 5.92 Å². The summed E-state index contributed by atoms with van der Waals surface area (Å²) in [6.45, 7) is 3.28. The predicted molar refractivity (Wildman–Crippen MR) is 95.5 cm³/mol. The molecule has 5 heteroatoms. The van der Waals surface area contributed by atoms with Crippen molar-refractivity contribution in [3.05, 3.63) is 53.1 Å². The number of rotatable bonds is 5. The second kappa shape index (κ2) is 7.05. The van der Waals surface area contributed by atoms with E-state index in [0.29, 0.717) is 24.6 Å². The molecule has 1 aliphatic rings. The number of hydrogen-bond donors (Lipinski definition) is 1. The number of carbonyl (C=O) groups excluding carboxylic acids is 1. The van der Waals surface area contributed by atoms with E-state index in [1.807, 2.05) is 25.1 Å². The largest absolute Gasteiger partial charge is 0.507 e. The molecule has 0 unspecified atom stereocenters. The minimum absolute atomic E-state index is 0.0385. The van der Waals surface area contributed by atoms with Gasteiger partial charge in [0.05, 0.1) is 19.8 Å². The van der Waals surface area contributed by atoms with E-state index in [9.17, 15) is 9.90 Å². The van der Waals surface area contributed by atoms with Gasteiger partial charge in [0, 0.05) is 19.2 Å². The molecular weight excluding hydrogens is 318 g/mol. The summed E-state index contributed by atoms with van der Waals surface area (Å²) in [5, 5.41) is 9.92. The molecule has 5 nitrogen and oxygen atoms in total. The summed E-state index contributed by atoms with van der Waals surface area (Å²) in [6.07, 6.45) is 0.858. The van der Waals surface area contributed by atoms with E-state index in [0.717, 1.165) is 29.0 Å². The molecular formula is C20H23NO4. The minimum Gasteiger partial charge on any atom is -0.507 e. The number of phenolic OH excluding ortho intramolecular Hbond substituents is 1. The van der Waals surface area contributed by atoms with Gasteiger partial charge in [0.15, 0.2) is 0 Å². The topological polar surface area (TPSA) is 59.0 Å². The molecule has 0 radical (unpaired) electrons. The first-order valence-electron chi connectivity index (χ1n) is 8.31. The van der Waals surface area contributed by atoms with Crippen molar-refractivity contribution in [1.82, 2.24) is 4.90 Å². The molecule has 25 heavy (non-hydrogen) atoms. The maximum atomic E-state index is 12.5. The fourth-order valence-electron chi connectivity index (χ4n) is 3.17. The third kappa shape index (κ3) is 3.71. The molecule has 0 aliphatic carbocycles. The fraction of sp³-hybridized carbons (Fsp3) is 0.350. The summed E-state index contributed by atoms with van der Waals surface area (Å²) in [5.41, 5.74) is 2.47. The van der Waals surface area contributed by atoms with Crippen LogP contribution in [0, 0.1) is 12.8 Å². The lowest BCUT2D eigenvalue weighted by Gasteiger charge is -2.39. The van der Waals surface area contributed by atoms with Crippen LogP contribution >= 0.6 is 0 Å². The van der Waals surface area contributed by atoms with Gasteiger partial charge in [-0.25, -0.2) is 0 Å². The van der Waals surface area contributed by atoms with Gasteiger partial charge in [0.1, 0.15) is 17.2 Å². The molecule has 3 rings (SSSR count). The standard InChI is InChI=1S/C20H23NO4/c1-13-4-5-19(22)18(6-13)20(23)21-11-15(12-21)7-14-8-16(24-2)10-17(9-14)25-3/h4-6,8-10,15,22H,7,11-12H2,1-3H3. The quantitative estimate of drug-likeness (QED) is 0.908. The average molecular weight is 341 g/mol. The van der Waals surface area contributed by atoms with Crippen molar-refractivity contribution in [1.29, 1.82) is 0 Å². The molecule has 1 amide bonds. The van der Waals surface area contributed by atoms with Crippen molar-refractivity contribution >= 4 is 5.91 Å². The summed E-state index contributed by atoms with van der Waals surface area (Å²) in [6, 6.07) is 10.9. The van der Waals surface area contributed by atoms with Gasteiger partial charge >= 0.3 is 0 Å². The predicted octanol–water partition coefficient (Wildman–Crippen LogP) is 3.03. The number of nitrogens with zero attached hydrogens (tertiary/aromatic N) is 1. The number of methoxy groups -OCH3 is 2. The van der Waals surface area contributed by atoms with Crippen LogP contribution in [0.4, 0.5) is 0 Å². The first kappa shape index (κ1) is 17.1. The van der Waals surface area contributed by atoms with E-state index in [1.165, 1.54) is 0 Å². The Labute approximate surface area is 147 Å². The number of carbonyl (C=O) groups is 1. The molecule has 0 spiro atoms. The molecule has 1 saturated heterocycles. The van der Waals surface area contributed by atoms with E-state index in [-0.39, 0.29) is 11.7 Å². The number of aromatic hydroxyl groups is 1. The molecule has 1 N–H and O–H groups in total. The van der Waals surface area contributed by atoms with Crippen LogP contribution < -0.4 is 9.47 Å². The average Bonchev–Trinajstić information content (AvgIpc) is 2.58. The minimum atomic E-state index is -0.110. The second-order valence-electron chi connectivity index (χ2n) is 6.52. The van der Waals surface area contributed by atoms with Crippen LogP contribution in [0.2, 0.25) is 0 Å². The maximum Gasteiger partial charge on any atom is 0.257 e. The molecule has 1 heterocycles. The number of benzene rings is 2. The van der Waals surface area contributed by atoms with Crippen LogP contribution in [0.15, 0.2) is 36.4 Å². The Kier molecular flexibility index (Phi) is 4.83. The van der Waals surface area contributed by atoms with Crippen LogP contribution in [0.25, 0.3) is 0 Å². The Balaban J connectivity index is 1.63. The Morgan fingerprint density at radius 1 is 1.12 bits per heavy atom. The molecule has 2 aromatic rings. The van der Waals surface area contributed by atoms with Crippen molar-refractivity contribution in [2.45, 2.75) is 13.3 Å². The van der Waals surface area contributed by atoms with Gasteiger partial charge in [-0.1, -0.05) is 11.6 Å². The first-order chi connectivity index (χ1) is 12.0. The van der Waals surface area contributed by atoms with Crippen LogP contribution in [0.3, 0.4) is 0 Å². The zero-order valence-electron chi connectivity index (χ0n) is 14.8. The zero-order chi connectivity index (χ0) is 18.0. The van der Waals surface area contributed by atoms with Gasteiger partial charge in [0.2, 0.25) is 0 Å². The molecule has 0 saturated carbocycles. The summed E-state index contributed by atoms with van der Waals surface area (Å²) in [4.78, 5) is 14.3. The summed E-state index contributed by atoms with van der Waals surface area (Å²) < 4.78 is 10.6. The fourth-order valence-corrected chi connectivity index (χ4v) is 3.17. The van der Waals surface area contributed by atoms with Gasteiger partial charge in [-0.3, -0.25) is 4.79 Å². The smallest absolute Gasteiger partial charge is 0.257 e. The highest BCUT2D eigenvalue weighted by Crippen LogP contribution is 2.29. The van der Waals surface area contributed by atoms with E-state index in [1.54, 1.807) is 37.3 Å². The zero-order valence-corrected chi connectivity index (χ0v) is 14.8. The second-order valence-corrected chi connectivity index (χ2v) is 6.52. The monoisotopic (exact) mass is 341 g/mol. The molecule has 0 aromatic heterocycles. The lowest BCUT2D eigenvalue weighted by atomic mass is 9.91. The molecule has 1 fully saturated rings. The Morgan fingerprint density at radius 2 is 1.76 bits per heavy atom. The Morgan fingerprint density at radius 3 is 2.36 bits per heavy atom. The lowest BCUT2D eigenvalue weighted by molar-refractivity contribution is 0.0498. The molecule has 1 aliphatic heterocycles. The van der Waals surface area contributed by atoms with Crippen molar-refractivity contribution in [3.8, 4) is 17.2 Å². The highest BCUT2D eigenvalue weighted by atomic mass is 16.5. The van der Waals surface area contributed by atoms with E-state index in [4.69, 9.17) is 9.47 Å². The molecule has 0 bridgehead atoms. The number of likely N-dealkylation sites (tertiary alicyclic amines) is 1. The van der Waals surface area contributed by atoms with E-state index in [2.05, 4.69) is 0 Å². The van der Waals surface area contributed by atoms with Crippen molar-refractivity contribution < 1.29 is 19.4 Å². The molecule has 0 atom stereocenters. The maximum absolute atomic E-state index is 12.5. The summed E-state index contributed by atoms with van der Waals surface area (Å²) in [7, 11) is 3.27. The SMILES string of the molecule is COc1cc(CC2CN(C(=O)c3cc(C)ccc3O)C2)cc(OC)c1. The summed E-state index contributed by atoms with van der Waals surface area (Å²) >= 11 is 0. The van der Waals surface area contributed by atoms with Gasteiger partial charge in [-0.15, -0.1) is 0 Å². The number of amides is 1. The first-order valence-corrected chi connectivity index (χ1v) is 8.31.